The number of likely N-dealkylation sites (tertiary alicyclic amines) is 1. The summed E-state index contributed by atoms with van der Waals surface area (Å²) in [5.74, 6) is 0.878. The molecule has 0 bridgehead atoms. The van der Waals surface area contributed by atoms with Crippen LogP contribution < -0.4 is 4.74 Å². The van der Waals surface area contributed by atoms with Crippen LogP contribution in [0.5, 0.6) is 5.75 Å². The highest BCUT2D eigenvalue weighted by molar-refractivity contribution is 9.10. The maximum absolute atomic E-state index is 6.07. The summed E-state index contributed by atoms with van der Waals surface area (Å²) in [4.78, 5) is 2.47. The van der Waals surface area contributed by atoms with Gasteiger partial charge in [-0.1, -0.05) is 18.0 Å². The van der Waals surface area contributed by atoms with Gasteiger partial charge in [-0.05, 0) is 47.9 Å². The Labute approximate surface area is 116 Å². The van der Waals surface area contributed by atoms with Crippen molar-refractivity contribution in [1.29, 1.82) is 0 Å². The van der Waals surface area contributed by atoms with Crippen molar-refractivity contribution in [3.05, 3.63) is 27.2 Å². The number of piperidine rings is 1. The van der Waals surface area contributed by atoms with E-state index in [2.05, 4.69) is 26.9 Å². The molecule has 0 unspecified atom stereocenters. The first kappa shape index (κ1) is 13.2. The Morgan fingerprint density at radius 3 is 2.65 bits per heavy atom. The molecule has 2 rings (SSSR count). The Bertz CT molecular complexity index is 391. The fourth-order valence-corrected chi connectivity index (χ4v) is 2.79. The van der Waals surface area contributed by atoms with E-state index in [9.17, 15) is 0 Å². The summed E-state index contributed by atoms with van der Waals surface area (Å²) in [6, 6.07) is 3.95. The number of rotatable bonds is 3. The van der Waals surface area contributed by atoms with Crippen LogP contribution in [0.15, 0.2) is 16.6 Å². The maximum Gasteiger partial charge on any atom is 0.124 e. The van der Waals surface area contributed by atoms with Crippen molar-refractivity contribution in [2.24, 2.45) is 0 Å². The van der Waals surface area contributed by atoms with Gasteiger partial charge in [-0.2, -0.15) is 0 Å². The SMILES string of the molecule is COc1cc(Cl)c(Br)cc1CN1CCCCC1. The molecule has 2 nitrogen and oxygen atoms in total. The lowest BCUT2D eigenvalue weighted by Crippen LogP contribution is -2.29. The molecular weight excluding hydrogens is 302 g/mol. The van der Waals surface area contributed by atoms with Gasteiger partial charge < -0.3 is 4.74 Å². The quantitative estimate of drug-likeness (QED) is 0.832. The van der Waals surface area contributed by atoms with Crippen LogP contribution in [0.2, 0.25) is 5.02 Å². The first-order valence-corrected chi connectivity index (χ1v) is 7.12. The number of nitrogens with zero attached hydrogens (tertiary/aromatic N) is 1. The van der Waals surface area contributed by atoms with Crippen LogP contribution in [0.1, 0.15) is 24.8 Å². The predicted octanol–water partition coefficient (Wildman–Crippen LogP) is 4.10. The lowest BCUT2D eigenvalue weighted by molar-refractivity contribution is 0.218. The Morgan fingerprint density at radius 2 is 2.00 bits per heavy atom. The van der Waals surface area contributed by atoms with Crippen molar-refractivity contribution >= 4 is 27.5 Å². The number of ether oxygens (including phenoxy) is 1. The Hall–Kier alpha value is -0.250. The molecule has 94 valence electrons. The van der Waals surface area contributed by atoms with Crippen molar-refractivity contribution in [1.82, 2.24) is 4.90 Å². The van der Waals surface area contributed by atoms with E-state index in [1.807, 2.05) is 6.07 Å². The number of methoxy groups -OCH3 is 1. The zero-order valence-electron chi connectivity index (χ0n) is 10.0. The average molecular weight is 319 g/mol. The third-order valence-corrected chi connectivity index (χ3v) is 4.36. The van der Waals surface area contributed by atoms with E-state index in [-0.39, 0.29) is 0 Å². The summed E-state index contributed by atoms with van der Waals surface area (Å²) >= 11 is 9.54. The second kappa shape index (κ2) is 6.07. The van der Waals surface area contributed by atoms with Gasteiger partial charge in [0.15, 0.2) is 0 Å². The van der Waals surface area contributed by atoms with Gasteiger partial charge in [-0.25, -0.2) is 0 Å². The van der Waals surface area contributed by atoms with E-state index in [0.29, 0.717) is 5.02 Å². The molecular formula is C13H17BrClNO. The summed E-state index contributed by atoms with van der Waals surface area (Å²) in [5, 5.41) is 0.698. The highest BCUT2D eigenvalue weighted by Gasteiger charge is 2.14. The van der Waals surface area contributed by atoms with Crippen LogP contribution in [0.4, 0.5) is 0 Å². The molecule has 1 heterocycles. The van der Waals surface area contributed by atoms with Gasteiger partial charge in [0.1, 0.15) is 5.75 Å². The third-order valence-electron chi connectivity index (χ3n) is 3.17. The lowest BCUT2D eigenvalue weighted by Gasteiger charge is -2.27. The molecule has 0 radical (unpaired) electrons. The van der Waals surface area contributed by atoms with E-state index < -0.39 is 0 Å². The Morgan fingerprint density at radius 1 is 1.29 bits per heavy atom. The van der Waals surface area contributed by atoms with E-state index in [0.717, 1.165) is 16.8 Å². The van der Waals surface area contributed by atoms with Crippen molar-refractivity contribution in [3.8, 4) is 5.75 Å². The number of halogens is 2. The minimum absolute atomic E-state index is 0.698. The molecule has 0 N–H and O–H groups in total. The molecule has 1 aliphatic rings. The minimum atomic E-state index is 0.698. The van der Waals surface area contributed by atoms with Gasteiger partial charge >= 0.3 is 0 Å². The third kappa shape index (κ3) is 3.36. The van der Waals surface area contributed by atoms with Crippen LogP contribution in [-0.4, -0.2) is 25.1 Å². The van der Waals surface area contributed by atoms with E-state index >= 15 is 0 Å². The second-order valence-electron chi connectivity index (χ2n) is 4.41. The van der Waals surface area contributed by atoms with Gasteiger partial charge in [-0.3, -0.25) is 4.90 Å². The zero-order valence-corrected chi connectivity index (χ0v) is 12.4. The molecule has 1 aliphatic heterocycles. The van der Waals surface area contributed by atoms with Crippen molar-refractivity contribution in [2.75, 3.05) is 20.2 Å². The van der Waals surface area contributed by atoms with Crippen LogP contribution >= 0.6 is 27.5 Å². The first-order valence-electron chi connectivity index (χ1n) is 5.95. The summed E-state index contributed by atoms with van der Waals surface area (Å²) < 4.78 is 6.33. The molecule has 17 heavy (non-hydrogen) atoms. The largest absolute Gasteiger partial charge is 0.496 e. The van der Waals surface area contributed by atoms with Crippen molar-refractivity contribution in [2.45, 2.75) is 25.8 Å². The standard InChI is InChI=1S/C13H17BrClNO/c1-17-13-8-12(15)11(14)7-10(13)9-16-5-3-2-4-6-16/h7-8H,2-6,9H2,1H3. The topological polar surface area (TPSA) is 12.5 Å². The molecule has 4 heteroatoms. The van der Waals surface area contributed by atoms with Crippen molar-refractivity contribution in [3.63, 3.8) is 0 Å². The lowest BCUT2D eigenvalue weighted by atomic mass is 10.1. The fourth-order valence-electron chi connectivity index (χ4n) is 2.24. The minimum Gasteiger partial charge on any atom is -0.496 e. The molecule has 0 aliphatic carbocycles. The molecule has 0 saturated carbocycles. The number of benzene rings is 1. The molecule has 1 aromatic carbocycles. The zero-order chi connectivity index (χ0) is 12.3. The normalized spacial score (nSPS) is 17.1. The molecule has 1 aromatic rings. The van der Waals surface area contributed by atoms with E-state index in [1.54, 1.807) is 7.11 Å². The molecule has 1 fully saturated rings. The van der Waals surface area contributed by atoms with Gasteiger partial charge in [-0.15, -0.1) is 0 Å². The molecule has 0 atom stereocenters. The highest BCUT2D eigenvalue weighted by Crippen LogP contribution is 2.31. The first-order chi connectivity index (χ1) is 8.20. The van der Waals surface area contributed by atoms with Gasteiger partial charge in [0.25, 0.3) is 0 Å². The van der Waals surface area contributed by atoms with Crippen LogP contribution in [0.3, 0.4) is 0 Å². The summed E-state index contributed by atoms with van der Waals surface area (Å²) in [6.45, 7) is 3.31. The Kier molecular flexibility index (Phi) is 4.71. The van der Waals surface area contributed by atoms with E-state index in [4.69, 9.17) is 16.3 Å². The smallest absolute Gasteiger partial charge is 0.124 e. The van der Waals surface area contributed by atoms with E-state index in [1.165, 1.54) is 37.9 Å². The molecule has 0 spiro atoms. The number of hydrogen-bond acceptors (Lipinski definition) is 2. The maximum atomic E-state index is 6.07. The average Bonchev–Trinajstić information content (AvgIpc) is 2.35. The predicted molar refractivity (Wildman–Crippen MR) is 74.8 cm³/mol. The Balaban J connectivity index is 2.15. The molecule has 0 aromatic heterocycles. The molecule has 1 saturated heterocycles. The van der Waals surface area contributed by atoms with Gasteiger partial charge in [0.05, 0.1) is 12.1 Å². The monoisotopic (exact) mass is 317 g/mol. The summed E-state index contributed by atoms with van der Waals surface area (Å²) in [7, 11) is 1.69. The summed E-state index contributed by atoms with van der Waals surface area (Å²) in [5.41, 5.74) is 1.20. The van der Waals surface area contributed by atoms with Crippen LogP contribution in [-0.2, 0) is 6.54 Å². The second-order valence-corrected chi connectivity index (χ2v) is 5.68. The van der Waals surface area contributed by atoms with Crippen molar-refractivity contribution < 1.29 is 4.74 Å². The molecule has 0 amide bonds. The van der Waals surface area contributed by atoms with Crippen LogP contribution in [0.25, 0.3) is 0 Å². The summed E-state index contributed by atoms with van der Waals surface area (Å²) in [6.07, 6.45) is 3.96. The van der Waals surface area contributed by atoms with Gasteiger partial charge in [0, 0.05) is 22.6 Å². The van der Waals surface area contributed by atoms with Gasteiger partial charge in [0.2, 0.25) is 0 Å². The van der Waals surface area contributed by atoms with Crippen LogP contribution in [0, 0.1) is 0 Å². The highest BCUT2D eigenvalue weighted by atomic mass is 79.9. The fraction of sp³-hybridized carbons (Fsp3) is 0.538. The number of hydrogen-bond donors (Lipinski definition) is 0.